The van der Waals surface area contributed by atoms with E-state index in [0.29, 0.717) is 19.5 Å². The Kier molecular flexibility index (Phi) is 6.57. The van der Waals surface area contributed by atoms with Crippen molar-refractivity contribution in [2.75, 3.05) is 7.11 Å². The van der Waals surface area contributed by atoms with Crippen LogP contribution in [0.4, 0.5) is 0 Å². The molecule has 0 aliphatic rings. The van der Waals surface area contributed by atoms with Crippen LogP contribution in [0.15, 0.2) is 103 Å². The Morgan fingerprint density at radius 2 is 1.46 bits per heavy atom. The Balaban J connectivity index is 1.28. The van der Waals surface area contributed by atoms with Gasteiger partial charge in [-0.15, -0.1) is 0 Å². The first-order valence-electron chi connectivity index (χ1n) is 11.7. The van der Waals surface area contributed by atoms with Crippen LogP contribution in [-0.4, -0.2) is 22.6 Å². The van der Waals surface area contributed by atoms with E-state index in [1.165, 1.54) is 5.56 Å². The molecule has 1 amide bonds. The van der Waals surface area contributed by atoms with Gasteiger partial charge < -0.3 is 14.6 Å². The van der Waals surface area contributed by atoms with Gasteiger partial charge in [0.1, 0.15) is 11.6 Å². The van der Waals surface area contributed by atoms with Gasteiger partial charge in [0.2, 0.25) is 5.91 Å². The summed E-state index contributed by atoms with van der Waals surface area (Å²) in [6.45, 7) is 1.03. The molecule has 0 saturated carbocycles. The predicted molar refractivity (Wildman–Crippen MR) is 139 cm³/mol. The molecular formula is C30H27N3O2. The van der Waals surface area contributed by atoms with E-state index in [1.54, 1.807) is 7.11 Å². The van der Waals surface area contributed by atoms with E-state index in [4.69, 9.17) is 9.72 Å². The average Bonchev–Trinajstić information content (AvgIpc) is 3.26. The molecule has 0 spiro atoms. The second kappa shape index (κ2) is 10.3. The quantitative estimate of drug-likeness (QED) is 0.326. The van der Waals surface area contributed by atoms with Crippen LogP contribution in [0.3, 0.4) is 0 Å². The first-order chi connectivity index (χ1) is 17.2. The van der Waals surface area contributed by atoms with Crippen molar-refractivity contribution < 1.29 is 9.53 Å². The minimum Gasteiger partial charge on any atom is -0.497 e. The van der Waals surface area contributed by atoms with Crippen LogP contribution in [-0.2, 0) is 24.3 Å². The molecule has 0 bridgehead atoms. The Bertz CT molecular complexity index is 1420. The maximum Gasteiger partial charge on any atom is 0.224 e. The van der Waals surface area contributed by atoms with E-state index in [2.05, 4.69) is 52.3 Å². The van der Waals surface area contributed by atoms with E-state index in [1.807, 2.05) is 60.7 Å². The number of carbonyl (C=O) groups is 1. The summed E-state index contributed by atoms with van der Waals surface area (Å²) in [6, 6.07) is 34.4. The lowest BCUT2D eigenvalue weighted by Crippen LogP contribution is -2.26. The Morgan fingerprint density at radius 3 is 2.20 bits per heavy atom. The highest BCUT2D eigenvalue weighted by Gasteiger charge is 2.13. The molecule has 0 saturated heterocycles. The lowest BCUT2D eigenvalue weighted by Gasteiger charge is -2.11. The molecule has 174 valence electrons. The molecule has 0 aliphatic carbocycles. The summed E-state index contributed by atoms with van der Waals surface area (Å²) in [5.41, 5.74) is 6.39. The number of nitrogens with zero attached hydrogens (tertiary/aromatic N) is 2. The summed E-state index contributed by atoms with van der Waals surface area (Å²) in [5.74, 6) is 1.63. The second-order valence-corrected chi connectivity index (χ2v) is 8.47. The lowest BCUT2D eigenvalue weighted by molar-refractivity contribution is -0.120. The Morgan fingerprint density at radius 1 is 0.800 bits per heavy atom. The first kappa shape index (κ1) is 22.4. The predicted octanol–water partition coefficient (Wildman–Crippen LogP) is 5.62. The molecule has 1 aromatic heterocycles. The molecule has 0 fully saturated rings. The van der Waals surface area contributed by atoms with Crippen molar-refractivity contribution in [3.8, 4) is 16.9 Å². The van der Waals surface area contributed by atoms with Gasteiger partial charge in [0, 0.05) is 6.54 Å². The fraction of sp³-hybridized carbons (Fsp3) is 0.133. The van der Waals surface area contributed by atoms with Crippen LogP contribution in [0.25, 0.3) is 22.2 Å². The van der Waals surface area contributed by atoms with Crippen molar-refractivity contribution in [1.29, 1.82) is 0 Å². The molecule has 0 aliphatic heterocycles. The second-order valence-electron chi connectivity index (χ2n) is 8.47. The summed E-state index contributed by atoms with van der Waals surface area (Å²) in [5, 5.41) is 3.06. The summed E-state index contributed by atoms with van der Waals surface area (Å²) >= 11 is 0. The number of hydrogen-bond donors (Lipinski definition) is 1. The van der Waals surface area contributed by atoms with Crippen LogP contribution in [0, 0.1) is 0 Å². The summed E-state index contributed by atoms with van der Waals surface area (Å²) in [7, 11) is 1.66. The number of methoxy groups -OCH3 is 1. The van der Waals surface area contributed by atoms with Crippen molar-refractivity contribution in [3.05, 3.63) is 120 Å². The minimum absolute atomic E-state index is 0.0273. The number of carbonyl (C=O) groups excluding carboxylic acids is 1. The highest BCUT2D eigenvalue weighted by atomic mass is 16.5. The summed E-state index contributed by atoms with van der Waals surface area (Å²) < 4.78 is 7.43. The van der Waals surface area contributed by atoms with E-state index >= 15 is 0 Å². The van der Waals surface area contributed by atoms with Crippen molar-refractivity contribution in [1.82, 2.24) is 14.9 Å². The number of rotatable bonds is 8. The van der Waals surface area contributed by atoms with Crippen LogP contribution in [0.2, 0.25) is 0 Å². The first-order valence-corrected chi connectivity index (χ1v) is 11.7. The van der Waals surface area contributed by atoms with Gasteiger partial charge in [0.25, 0.3) is 0 Å². The van der Waals surface area contributed by atoms with E-state index in [0.717, 1.165) is 39.3 Å². The molecule has 0 atom stereocenters. The third-order valence-corrected chi connectivity index (χ3v) is 6.10. The number of imidazole rings is 1. The normalized spacial score (nSPS) is 10.9. The van der Waals surface area contributed by atoms with Gasteiger partial charge in [0.15, 0.2) is 0 Å². The number of para-hydroxylation sites is 2. The van der Waals surface area contributed by atoms with Crippen LogP contribution in [0.1, 0.15) is 17.0 Å². The fourth-order valence-electron chi connectivity index (χ4n) is 4.22. The molecule has 0 unspecified atom stereocenters. The molecule has 1 heterocycles. The largest absolute Gasteiger partial charge is 0.497 e. The zero-order valence-electron chi connectivity index (χ0n) is 19.6. The Hall–Kier alpha value is -4.38. The van der Waals surface area contributed by atoms with Gasteiger partial charge in [-0.2, -0.15) is 0 Å². The van der Waals surface area contributed by atoms with E-state index in [-0.39, 0.29) is 5.91 Å². The highest BCUT2D eigenvalue weighted by Crippen LogP contribution is 2.21. The zero-order valence-corrected chi connectivity index (χ0v) is 19.6. The van der Waals surface area contributed by atoms with E-state index in [9.17, 15) is 4.79 Å². The molecule has 4 aromatic carbocycles. The van der Waals surface area contributed by atoms with Crippen molar-refractivity contribution in [3.63, 3.8) is 0 Å². The molecule has 5 aromatic rings. The maximum atomic E-state index is 12.7. The fourth-order valence-corrected chi connectivity index (χ4v) is 4.22. The molecular weight excluding hydrogens is 434 g/mol. The third kappa shape index (κ3) is 5.25. The number of benzene rings is 4. The Labute approximate surface area is 205 Å². The van der Waals surface area contributed by atoms with Crippen LogP contribution < -0.4 is 10.1 Å². The molecule has 1 N–H and O–H groups in total. The molecule has 35 heavy (non-hydrogen) atoms. The topological polar surface area (TPSA) is 56.1 Å². The maximum absolute atomic E-state index is 12.7. The number of ether oxygens (including phenoxy) is 1. The number of aromatic nitrogens is 2. The smallest absolute Gasteiger partial charge is 0.224 e. The lowest BCUT2D eigenvalue weighted by atomic mass is 10.0. The number of amides is 1. The van der Waals surface area contributed by atoms with Crippen molar-refractivity contribution in [2.24, 2.45) is 0 Å². The third-order valence-electron chi connectivity index (χ3n) is 6.10. The summed E-state index contributed by atoms with van der Waals surface area (Å²) in [4.78, 5) is 17.5. The van der Waals surface area contributed by atoms with Gasteiger partial charge in [-0.25, -0.2) is 4.98 Å². The van der Waals surface area contributed by atoms with Crippen LogP contribution in [0.5, 0.6) is 5.75 Å². The molecule has 0 radical (unpaired) electrons. The summed E-state index contributed by atoms with van der Waals surface area (Å²) in [6.07, 6.45) is 0.327. The van der Waals surface area contributed by atoms with Gasteiger partial charge in [0.05, 0.1) is 31.1 Å². The standard InChI is InChI=1S/C30H27N3O2/c1-35-26-17-13-23(14-18-26)21-33-28-10-6-5-9-27(28)32-29(33)20-31-30(34)19-22-11-15-25(16-12-22)24-7-3-2-4-8-24/h2-18H,19-21H2,1H3,(H,31,34). The SMILES string of the molecule is COc1ccc(Cn2c(CNC(=O)Cc3ccc(-c4ccccc4)cc3)nc3ccccc32)cc1. The van der Waals surface area contributed by atoms with Gasteiger partial charge in [-0.05, 0) is 46.5 Å². The van der Waals surface area contributed by atoms with E-state index < -0.39 is 0 Å². The highest BCUT2D eigenvalue weighted by molar-refractivity contribution is 5.79. The van der Waals surface area contributed by atoms with Gasteiger partial charge in [-0.3, -0.25) is 4.79 Å². The average molecular weight is 462 g/mol. The van der Waals surface area contributed by atoms with Gasteiger partial charge >= 0.3 is 0 Å². The monoisotopic (exact) mass is 461 g/mol. The number of fused-ring (bicyclic) bond motifs is 1. The minimum atomic E-state index is -0.0273. The van der Waals surface area contributed by atoms with Crippen molar-refractivity contribution >= 4 is 16.9 Å². The number of nitrogens with one attached hydrogen (secondary N) is 1. The zero-order chi connectivity index (χ0) is 24.0. The number of hydrogen-bond acceptors (Lipinski definition) is 3. The molecule has 5 nitrogen and oxygen atoms in total. The van der Waals surface area contributed by atoms with Gasteiger partial charge in [-0.1, -0.05) is 78.9 Å². The van der Waals surface area contributed by atoms with Crippen LogP contribution >= 0.6 is 0 Å². The molecule has 5 rings (SSSR count). The van der Waals surface area contributed by atoms with Crippen molar-refractivity contribution in [2.45, 2.75) is 19.5 Å². The molecule has 5 heteroatoms.